The van der Waals surface area contributed by atoms with Gasteiger partial charge in [-0.05, 0) is 18.9 Å². The predicted molar refractivity (Wildman–Crippen MR) is 88.5 cm³/mol. The van der Waals surface area contributed by atoms with Crippen LogP contribution in [0.4, 0.5) is 9.18 Å². The summed E-state index contributed by atoms with van der Waals surface area (Å²) in [5.74, 6) is -0.741. The number of urea groups is 1. The number of fused-ring (bicyclic) bond motifs is 1. The summed E-state index contributed by atoms with van der Waals surface area (Å²) in [6.07, 6.45) is 4.41. The van der Waals surface area contributed by atoms with E-state index in [0.717, 1.165) is 12.8 Å². The van der Waals surface area contributed by atoms with Gasteiger partial charge in [0.25, 0.3) is 5.91 Å². The number of benzene rings is 1. The van der Waals surface area contributed by atoms with Crippen LogP contribution in [-0.2, 0) is 0 Å². The number of halogens is 1. The zero-order valence-corrected chi connectivity index (χ0v) is 13.6. The normalized spacial score (nSPS) is 18.7. The lowest BCUT2D eigenvalue weighted by molar-refractivity contribution is 0.0667. The molecular formula is C17H18FN5O2. The van der Waals surface area contributed by atoms with Crippen molar-refractivity contribution in [2.24, 2.45) is 0 Å². The van der Waals surface area contributed by atoms with Crippen LogP contribution in [0.25, 0.3) is 11.0 Å². The number of hydrogen-bond acceptors (Lipinski definition) is 4. The molecule has 130 valence electrons. The Kier molecular flexibility index (Phi) is 3.95. The Labute approximate surface area is 143 Å². The van der Waals surface area contributed by atoms with Gasteiger partial charge in [-0.1, -0.05) is 0 Å². The van der Waals surface area contributed by atoms with E-state index in [4.69, 9.17) is 0 Å². The smallest absolute Gasteiger partial charge is 0.317 e. The van der Waals surface area contributed by atoms with Crippen molar-refractivity contribution in [3.63, 3.8) is 0 Å². The maximum atomic E-state index is 13.8. The van der Waals surface area contributed by atoms with E-state index in [2.05, 4.69) is 15.3 Å². The minimum atomic E-state index is -0.500. The van der Waals surface area contributed by atoms with Gasteiger partial charge in [-0.3, -0.25) is 14.8 Å². The molecule has 0 atom stereocenters. The first kappa shape index (κ1) is 15.7. The number of carbonyl (C=O) groups excluding carboxylic acids is 2. The van der Waals surface area contributed by atoms with E-state index < -0.39 is 5.82 Å². The molecule has 1 aromatic heterocycles. The lowest BCUT2D eigenvalue weighted by Crippen LogP contribution is -2.47. The Hall–Kier alpha value is -2.77. The van der Waals surface area contributed by atoms with Crippen molar-refractivity contribution in [3.8, 4) is 0 Å². The van der Waals surface area contributed by atoms with Gasteiger partial charge in [0.05, 0.1) is 11.1 Å². The Morgan fingerprint density at radius 1 is 1.16 bits per heavy atom. The van der Waals surface area contributed by atoms with Crippen LogP contribution < -0.4 is 5.32 Å². The highest BCUT2D eigenvalue weighted by atomic mass is 19.1. The van der Waals surface area contributed by atoms with Gasteiger partial charge in [0.2, 0.25) is 0 Å². The Bertz CT molecular complexity index is 835. The number of nitrogens with one attached hydrogen (secondary N) is 1. The van der Waals surface area contributed by atoms with Gasteiger partial charge in [0.15, 0.2) is 0 Å². The van der Waals surface area contributed by atoms with Crippen molar-refractivity contribution in [3.05, 3.63) is 35.9 Å². The first-order valence-electron chi connectivity index (χ1n) is 8.37. The molecule has 0 aliphatic carbocycles. The minimum absolute atomic E-state index is 0.0313. The Morgan fingerprint density at radius 3 is 2.64 bits per heavy atom. The number of carbonyl (C=O) groups is 2. The van der Waals surface area contributed by atoms with E-state index in [1.54, 1.807) is 4.90 Å². The molecule has 8 heteroatoms. The van der Waals surface area contributed by atoms with Gasteiger partial charge >= 0.3 is 6.03 Å². The molecule has 0 spiro atoms. The van der Waals surface area contributed by atoms with E-state index in [1.165, 1.54) is 24.5 Å². The van der Waals surface area contributed by atoms with Gasteiger partial charge in [0, 0.05) is 50.7 Å². The van der Waals surface area contributed by atoms with Crippen LogP contribution in [0.3, 0.4) is 0 Å². The fourth-order valence-corrected chi connectivity index (χ4v) is 3.59. The lowest BCUT2D eigenvalue weighted by Gasteiger charge is -2.36. The van der Waals surface area contributed by atoms with Crippen LogP contribution >= 0.6 is 0 Å². The molecule has 2 aliphatic rings. The van der Waals surface area contributed by atoms with Crippen LogP contribution in [0.15, 0.2) is 24.5 Å². The summed E-state index contributed by atoms with van der Waals surface area (Å²) in [5.41, 5.74) is 1.02. The second-order valence-corrected chi connectivity index (χ2v) is 6.33. The van der Waals surface area contributed by atoms with Crippen LogP contribution in [0.1, 0.15) is 23.2 Å². The number of amides is 3. The van der Waals surface area contributed by atoms with Gasteiger partial charge in [-0.15, -0.1) is 0 Å². The summed E-state index contributed by atoms with van der Waals surface area (Å²) in [6, 6.07) is 2.61. The highest BCUT2D eigenvalue weighted by molar-refractivity contribution is 6.04. The highest BCUT2D eigenvalue weighted by Gasteiger charge is 2.32. The number of piperidine rings is 1. The van der Waals surface area contributed by atoms with E-state index in [9.17, 15) is 14.0 Å². The quantitative estimate of drug-likeness (QED) is 0.894. The average molecular weight is 343 g/mol. The maximum Gasteiger partial charge on any atom is 0.317 e. The molecule has 2 fully saturated rings. The Balaban J connectivity index is 1.52. The topological polar surface area (TPSA) is 78.4 Å². The van der Waals surface area contributed by atoms with Crippen molar-refractivity contribution >= 4 is 23.0 Å². The first-order valence-corrected chi connectivity index (χ1v) is 8.37. The van der Waals surface area contributed by atoms with Crippen LogP contribution in [0.2, 0.25) is 0 Å². The van der Waals surface area contributed by atoms with E-state index in [-0.39, 0.29) is 23.5 Å². The number of rotatable bonds is 2. The second kappa shape index (κ2) is 6.27. The van der Waals surface area contributed by atoms with Crippen molar-refractivity contribution in [1.29, 1.82) is 0 Å². The molecule has 1 N–H and O–H groups in total. The Morgan fingerprint density at radius 2 is 1.92 bits per heavy atom. The van der Waals surface area contributed by atoms with Crippen LogP contribution in [0.5, 0.6) is 0 Å². The molecule has 2 aliphatic heterocycles. The zero-order chi connectivity index (χ0) is 17.4. The van der Waals surface area contributed by atoms with Crippen LogP contribution in [-0.4, -0.2) is 63.9 Å². The molecule has 2 aromatic rings. The fraction of sp³-hybridized carbons (Fsp3) is 0.412. The summed E-state index contributed by atoms with van der Waals surface area (Å²) in [6.45, 7) is 2.45. The third-order valence-electron chi connectivity index (χ3n) is 4.85. The van der Waals surface area contributed by atoms with Crippen molar-refractivity contribution in [2.45, 2.75) is 18.9 Å². The average Bonchev–Trinajstić information content (AvgIpc) is 3.06. The third-order valence-corrected chi connectivity index (χ3v) is 4.85. The summed E-state index contributed by atoms with van der Waals surface area (Å²) < 4.78 is 13.8. The summed E-state index contributed by atoms with van der Waals surface area (Å²) in [4.78, 5) is 36.4. The minimum Gasteiger partial charge on any atom is -0.338 e. The van der Waals surface area contributed by atoms with Crippen LogP contribution in [0, 0.1) is 5.82 Å². The van der Waals surface area contributed by atoms with Gasteiger partial charge in [-0.2, -0.15) is 0 Å². The highest BCUT2D eigenvalue weighted by Crippen LogP contribution is 2.23. The summed E-state index contributed by atoms with van der Waals surface area (Å²) in [5, 5.41) is 2.80. The monoisotopic (exact) mass is 343 g/mol. The molecule has 25 heavy (non-hydrogen) atoms. The van der Waals surface area contributed by atoms with Crippen molar-refractivity contribution in [2.75, 3.05) is 26.2 Å². The SMILES string of the molecule is O=C(c1cc(F)cc2nccnc12)N1CCC(N2CCNC2=O)CC1. The standard InChI is InChI=1S/C17H18FN5O2/c18-11-9-13(15-14(10-11)19-3-4-20-15)16(24)22-6-1-12(2-7-22)23-8-5-21-17(23)25/h3-4,9-10,12H,1-2,5-8H2,(H,21,25). The predicted octanol–water partition coefficient (Wildman–Crippen LogP) is 1.40. The lowest BCUT2D eigenvalue weighted by atomic mass is 10.0. The molecule has 1 aromatic carbocycles. The zero-order valence-electron chi connectivity index (χ0n) is 13.6. The van der Waals surface area contributed by atoms with E-state index >= 15 is 0 Å². The summed E-state index contributed by atoms with van der Waals surface area (Å²) in [7, 11) is 0. The van der Waals surface area contributed by atoms with Gasteiger partial charge in [0.1, 0.15) is 11.3 Å². The maximum absolute atomic E-state index is 13.8. The molecule has 0 bridgehead atoms. The number of aromatic nitrogens is 2. The summed E-state index contributed by atoms with van der Waals surface area (Å²) >= 11 is 0. The first-order chi connectivity index (χ1) is 12.1. The van der Waals surface area contributed by atoms with Crippen molar-refractivity contribution in [1.82, 2.24) is 25.1 Å². The van der Waals surface area contributed by atoms with Gasteiger partial charge < -0.3 is 15.1 Å². The molecule has 7 nitrogen and oxygen atoms in total. The second-order valence-electron chi connectivity index (χ2n) is 6.33. The molecule has 3 amide bonds. The molecule has 0 radical (unpaired) electrons. The number of likely N-dealkylation sites (tertiary alicyclic amines) is 1. The fourth-order valence-electron chi connectivity index (χ4n) is 3.59. The molecule has 0 unspecified atom stereocenters. The molecule has 4 rings (SSSR count). The van der Waals surface area contributed by atoms with E-state index in [1.807, 2.05) is 4.90 Å². The molecule has 2 saturated heterocycles. The third kappa shape index (κ3) is 2.88. The molecule has 0 saturated carbocycles. The molecular weight excluding hydrogens is 325 g/mol. The van der Waals surface area contributed by atoms with Gasteiger partial charge in [-0.25, -0.2) is 9.18 Å². The number of nitrogens with zero attached hydrogens (tertiary/aromatic N) is 4. The van der Waals surface area contributed by atoms with Crippen molar-refractivity contribution < 1.29 is 14.0 Å². The van der Waals surface area contributed by atoms with E-state index in [0.29, 0.717) is 37.2 Å². The largest absolute Gasteiger partial charge is 0.338 e. The number of hydrogen-bond donors (Lipinski definition) is 1. The molecule has 3 heterocycles.